The third kappa shape index (κ3) is 8.51. The predicted octanol–water partition coefficient (Wildman–Crippen LogP) is 4.89. The lowest BCUT2D eigenvalue weighted by Gasteiger charge is -2.13. The molecule has 0 radical (unpaired) electrons. The number of pyridine rings is 1. The molecule has 0 aliphatic heterocycles. The van der Waals surface area contributed by atoms with Gasteiger partial charge in [-0.1, -0.05) is 18.2 Å². The molecule has 0 aliphatic rings. The predicted molar refractivity (Wildman–Crippen MR) is 142 cm³/mol. The van der Waals surface area contributed by atoms with Crippen LogP contribution in [0.1, 0.15) is 17.5 Å². The molecule has 3 aromatic rings. The Morgan fingerprint density at radius 3 is 2.63 bits per heavy atom. The number of rotatable bonds is 15. The Labute approximate surface area is 220 Å². The van der Waals surface area contributed by atoms with Crippen LogP contribution < -0.4 is 15.4 Å². The molecule has 1 aromatic heterocycles. The number of hydrogen-bond donors (Lipinski definition) is 3. The molecule has 12 heteroatoms. The van der Waals surface area contributed by atoms with Gasteiger partial charge in [0.05, 0.1) is 23.7 Å². The summed E-state index contributed by atoms with van der Waals surface area (Å²) in [6.07, 6.45) is 0.754. The number of nitriles is 1. The molecular formula is C26H29N7O5. The number of aryl methyl sites for hydroxylation is 1. The molecule has 0 aliphatic carbocycles. The van der Waals surface area contributed by atoms with Crippen LogP contribution in [0.15, 0.2) is 64.8 Å². The van der Waals surface area contributed by atoms with Crippen molar-refractivity contribution >= 4 is 28.7 Å². The highest BCUT2D eigenvalue weighted by molar-refractivity contribution is 5.68. The second-order valence-corrected chi connectivity index (χ2v) is 8.00. The third-order valence-corrected chi connectivity index (χ3v) is 5.17. The second-order valence-electron chi connectivity index (χ2n) is 8.00. The van der Waals surface area contributed by atoms with Crippen molar-refractivity contribution in [3.8, 4) is 11.8 Å². The molecule has 0 fully saturated rings. The fourth-order valence-corrected chi connectivity index (χ4v) is 3.33. The van der Waals surface area contributed by atoms with Crippen molar-refractivity contribution < 1.29 is 19.5 Å². The average molecular weight is 520 g/mol. The van der Waals surface area contributed by atoms with Gasteiger partial charge in [-0.25, -0.2) is 4.98 Å². The number of nitrogens with one attached hydrogen (secondary N) is 2. The Hall–Kier alpha value is -4.60. The lowest BCUT2D eigenvalue weighted by Crippen LogP contribution is -2.12. The quantitative estimate of drug-likeness (QED) is 0.110. The number of hydrogen-bond acceptors (Lipinski definition) is 11. The number of aromatic nitrogens is 1. The van der Waals surface area contributed by atoms with E-state index in [9.17, 15) is 20.5 Å². The maximum absolute atomic E-state index is 11.0. The zero-order valence-electron chi connectivity index (χ0n) is 21.0. The highest BCUT2D eigenvalue weighted by atomic mass is 16.6. The van der Waals surface area contributed by atoms with E-state index in [1.807, 2.05) is 49.4 Å². The molecule has 0 bridgehead atoms. The summed E-state index contributed by atoms with van der Waals surface area (Å²) >= 11 is 0. The first-order valence-corrected chi connectivity index (χ1v) is 12.0. The Morgan fingerprint density at radius 1 is 1.08 bits per heavy atom. The molecule has 0 atom stereocenters. The van der Waals surface area contributed by atoms with Gasteiger partial charge in [-0.05, 0) is 43.2 Å². The van der Waals surface area contributed by atoms with E-state index in [1.54, 1.807) is 0 Å². The lowest BCUT2D eigenvalue weighted by molar-refractivity contribution is -0.384. The fourth-order valence-electron chi connectivity index (χ4n) is 3.33. The van der Waals surface area contributed by atoms with E-state index >= 15 is 0 Å². The molecule has 0 spiro atoms. The molecule has 0 saturated heterocycles. The molecule has 12 nitrogen and oxygen atoms in total. The summed E-state index contributed by atoms with van der Waals surface area (Å²) in [6.45, 7) is 4.12. The first-order chi connectivity index (χ1) is 18.5. The minimum Gasteiger partial charge on any atom is -0.491 e. The molecular weight excluding hydrogens is 490 g/mol. The largest absolute Gasteiger partial charge is 0.491 e. The van der Waals surface area contributed by atoms with Gasteiger partial charge in [0.2, 0.25) is 0 Å². The normalized spacial score (nSPS) is 10.8. The molecule has 198 valence electrons. The van der Waals surface area contributed by atoms with E-state index in [2.05, 4.69) is 25.8 Å². The van der Waals surface area contributed by atoms with E-state index in [0.717, 1.165) is 23.8 Å². The van der Waals surface area contributed by atoms with Gasteiger partial charge < -0.3 is 25.2 Å². The van der Waals surface area contributed by atoms with Crippen LogP contribution in [0, 0.1) is 28.4 Å². The number of nitro groups is 1. The van der Waals surface area contributed by atoms with Gasteiger partial charge in [0, 0.05) is 31.8 Å². The van der Waals surface area contributed by atoms with Crippen molar-refractivity contribution in [3.05, 3.63) is 75.8 Å². The number of anilines is 2. The number of aliphatic hydroxyl groups is 1. The average Bonchev–Trinajstić information content (AvgIpc) is 2.93. The Balaban J connectivity index is 1.57. The molecule has 2 aromatic carbocycles. The van der Waals surface area contributed by atoms with Crippen molar-refractivity contribution in [1.29, 1.82) is 5.26 Å². The van der Waals surface area contributed by atoms with Crippen molar-refractivity contribution in [2.45, 2.75) is 13.3 Å². The highest BCUT2D eigenvalue weighted by Crippen LogP contribution is 2.32. The Kier molecular flexibility index (Phi) is 10.9. The highest BCUT2D eigenvalue weighted by Gasteiger charge is 2.13. The van der Waals surface area contributed by atoms with Crippen molar-refractivity contribution in [3.63, 3.8) is 0 Å². The molecule has 38 heavy (non-hydrogen) atoms. The fraction of sp³-hybridized carbons (Fsp3) is 0.308. The number of nitrogens with zero attached hydrogens (tertiary/aromatic N) is 5. The van der Waals surface area contributed by atoms with E-state index in [-0.39, 0.29) is 30.1 Å². The van der Waals surface area contributed by atoms with Gasteiger partial charge in [0.15, 0.2) is 5.82 Å². The van der Waals surface area contributed by atoms with Crippen LogP contribution in [0.2, 0.25) is 0 Å². The van der Waals surface area contributed by atoms with E-state index in [1.165, 1.54) is 12.1 Å². The van der Waals surface area contributed by atoms with Crippen LogP contribution in [-0.2, 0) is 4.74 Å². The van der Waals surface area contributed by atoms with E-state index in [0.29, 0.717) is 43.7 Å². The summed E-state index contributed by atoms with van der Waals surface area (Å²) in [5.74, 6) is 1.83. The summed E-state index contributed by atoms with van der Waals surface area (Å²) in [5.41, 5.74) is 1.20. The van der Waals surface area contributed by atoms with Crippen LogP contribution in [0.3, 0.4) is 0 Å². The number of nitro benzene ring substituents is 1. The van der Waals surface area contributed by atoms with Crippen molar-refractivity contribution in [1.82, 2.24) is 4.98 Å². The van der Waals surface area contributed by atoms with Crippen molar-refractivity contribution in [2.24, 2.45) is 10.2 Å². The van der Waals surface area contributed by atoms with Gasteiger partial charge in [-0.15, -0.1) is 10.2 Å². The van der Waals surface area contributed by atoms with Gasteiger partial charge in [0.1, 0.15) is 35.6 Å². The third-order valence-electron chi connectivity index (χ3n) is 5.17. The second kappa shape index (κ2) is 14.8. The minimum atomic E-state index is -0.578. The number of para-hydroxylation sites is 1. The summed E-state index contributed by atoms with van der Waals surface area (Å²) in [6, 6.07) is 17.1. The van der Waals surface area contributed by atoms with Gasteiger partial charge in [-0.2, -0.15) is 5.26 Å². The van der Waals surface area contributed by atoms with Gasteiger partial charge >= 0.3 is 0 Å². The maximum Gasteiger partial charge on any atom is 0.270 e. The van der Waals surface area contributed by atoms with Gasteiger partial charge in [-0.3, -0.25) is 10.1 Å². The number of non-ortho nitro benzene ring substituents is 1. The van der Waals surface area contributed by atoms with Crippen LogP contribution in [0.5, 0.6) is 5.75 Å². The van der Waals surface area contributed by atoms with E-state index in [4.69, 9.17) is 9.47 Å². The van der Waals surface area contributed by atoms with Crippen LogP contribution in [-0.4, -0.2) is 54.5 Å². The van der Waals surface area contributed by atoms with Crippen molar-refractivity contribution in [2.75, 3.05) is 50.2 Å². The number of azo groups is 1. The maximum atomic E-state index is 11.0. The molecule has 0 unspecified atom stereocenters. The van der Waals surface area contributed by atoms with Crippen LogP contribution in [0.4, 0.5) is 28.7 Å². The lowest BCUT2D eigenvalue weighted by atomic mass is 10.2. The zero-order valence-corrected chi connectivity index (χ0v) is 21.0. The number of benzene rings is 2. The monoisotopic (exact) mass is 519 g/mol. The first kappa shape index (κ1) is 28.0. The summed E-state index contributed by atoms with van der Waals surface area (Å²) in [7, 11) is 0. The molecule has 3 rings (SSSR count). The topological polar surface area (TPSA) is 167 Å². The SMILES string of the molecule is Cc1cc(NCCCOCCOc2ccccc2)nc(NCCO)c1/N=N/c1ccc([N+](=O)[O-])cc1C#N. The Morgan fingerprint density at radius 2 is 1.89 bits per heavy atom. The zero-order chi connectivity index (χ0) is 27.2. The summed E-state index contributed by atoms with van der Waals surface area (Å²) in [4.78, 5) is 14.9. The first-order valence-electron chi connectivity index (χ1n) is 12.0. The van der Waals surface area contributed by atoms with E-state index < -0.39 is 4.92 Å². The summed E-state index contributed by atoms with van der Waals surface area (Å²) < 4.78 is 11.2. The number of aliphatic hydroxyl groups excluding tert-OH is 1. The molecule has 0 saturated carbocycles. The Bertz CT molecular complexity index is 1280. The standard InChI is InChI=1S/C26H29N7O5/c1-19-16-24(28-10-5-13-37-14-15-38-22-6-3-2-4-7-22)30-26(29-11-12-34)25(19)32-31-23-9-8-21(33(35)36)17-20(23)18-27/h2-4,6-9,16-17,34H,5,10-15H2,1H3,(H2,28,29,30)/b32-31+. The van der Waals surface area contributed by atoms with Gasteiger partial charge in [0.25, 0.3) is 5.69 Å². The van der Waals surface area contributed by atoms with Crippen LogP contribution in [0.25, 0.3) is 0 Å². The van der Waals surface area contributed by atoms with Crippen LogP contribution >= 0.6 is 0 Å². The molecule has 1 heterocycles. The number of ether oxygens (including phenoxy) is 2. The molecule has 0 amide bonds. The summed E-state index contributed by atoms with van der Waals surface area (Å²) in [5, 5.41) is 44.2. The minimum absolute atomic E-state index is 0.0329. The smallest absolute Gasteiger partial charge is 0.270 e. The molecule has 3 N–H and O–H groups in total.